The van der Waals surface area contributed by atoms with Crippen LogP contribution < -0.4 is 24.4 Å². The first kappa shape index (κ1) is 29.2. The fourth-order valence-electron chi connectivity index (χ4n) is 3.55. The van der Waals surface area contributed by atoms with Crippen molar-refractivity contribution in [3.05, 3.63) is 90.5 Å². The molecular weight excluding hydrogens is 522 g/mol. The molecule has 11 heteroatoms. The summed E-state index contributed by atoms with van der Waals surface area (Å²) in [7, 11) is 0.283. The van der Waals surface area contributed by atoms with E-state index in [0.29, 0.717) is 35.0 Å². The molecule has 3 rings (SSSR count). The average molecular weight is 554 g/mol. The molecule has 0 radical (unpaired) electrons. The number of nitrogens with one attached hydrogen (secondary N) is 1. The molecular formula is C28H31N3O7S. The summed E-state index contributed by atoms with van der Waals surface area (Å²) in [5, 5.41) is 3.98. The van der Waals surface area contributed by atoms with E-state index < -0.39 is 22.5 Å². The highest BCUT2D eigenvalue weighted by atomic mass is 32.2. The molecule has 1 amide bonds. The van der Waals surface area contributed by atoms with Crippen molar-refractivity contribution in [2.24, 2.45) is 5.10 Å². The lowest BCUT2D eigenvalue weighted by Gasteiger charge is -2.22. The van der Waals surface area contributed by atoms with Crippen molar-refractivity contribution >= 4 is 22.1 Å². The number of carbonyl (C=O) groups is 1. The number of hydrogen-bond donors (Lipinski definition) is 1. The summed E-state index contributed by atoms with van der Waals surface area (Å²) in [6, 6.07) is 18.4. The van der Waals surface area contributed by atoms with Gasteiger partial charge >= 0.3 is 0 Å². The van der Waals surface area contributed by atoms with Crippen molar-refractivity contribution < 1.29 is 32.2 Å². The van der Waals surface area contributed by atoms with Gasteiger partial charge in [-0.2, -0.15) is 9.41 Å². The van der Waals surface area contributed by atoms with Gasteiger partial charge < -0.3 is 18.9 Å². The number of hydrogen-bond acceptors (Lipinski definition) is 8. The third-order valence-electron chi connectivity index (χ3n) is 5.46. The van der Waals surface area contributed by atoms with Gasteiger partial charge in [0.25, 0.3) is 5.91 Å². The number of methoxy groups -OCH3 is 3. The molecule has 0 aliphatic heterocycles. The van der Waals surface area contributed by atoms with Gasteiger partial charge in [-0.3, -0.25) is 4.79 Å². The highest BCUT2D eigenvalue weighted by molar-refractivity contribution is 7.89. The van der Waals surface area contributed by atoms with Crippen molar-refractivity contribution in [1.29, 1.82) is 0 Å². The maximum atomic E-state index is 13.6. The van der Waals surface area contributed by atoms with E-state index in [1.807, 2.05) is 6.07 Å². The fraction of sp³-hybridized carbons (Fsp3) is 0.214. The Balaban J connectivity index is 1.79. The standard InChI is InChI=1S/C28H31N3O7S/c1-5-15-38-25-13-11-22(16-26(25)36-3)18-29-30-28(32)20-31(19-21-9-7-6-8-10-21)39(33,34)23-12-14-24(35-2)27(17-23)37-4/h5-14,16-18H,1,15,19-20H2,2-4H3,(H,30,32)/b29-18-. The van der Waals surface area contributed by atoms with Crippen LogP contribution in [0, 0.1) is 0 Å². The topological polar surface area (TPSA) is 116 Å². The molecule has 0 aliphatic carbocycles. The summed E-state index contributed by atoms with van der Waals surface area (Å²) < 4.78 is 49.6. The molecule has 10 nitrogen and oxygen atoms in total. The zero-order valence-electron chi connectivity index (χ0n) is 22.0. The van der Waals surface area contributed by atoms with Crippen LogP contribution in [0.1, 0.15) is 11.1 Å². The molecule has 1 N–H and O–H groups in total. The van der Waals surface area contributed by atoms with Gasteiger partial charge in [-0.05, 0) is 41.5 Å². The second kappa shape index (κ2) is 14.0. The number of ether oxygens (including phenoxy) is 4. The molecule has 0 bridgehead atoms. The Kier molecular flexibility index (Phi) is 10.5. The van der Waals surface area contributed by atoms with Crippen molar-refractivity contribution in [1.82, 2.24) is 9.73 Å². The number of amides is 1. The Morgan fingerprint density at radius 3 is 2.26 bits per heavy atom. The monoisotopic (exact) mass is 553 g/mol. The van der Waals surface area contributed by atoms with Crippen molar-refractivity contribution in [2.45, 2.75) is 11.4 Å². The predicted molar refractivity (Wildman–Crippen MR) is 148 cm³/mol. The van der Waals surface area contributed by atoms with Gasteiger partial charge in [0.1, 0.15) is 6.61 Å². The van der Waals surface area contributed by atoms with E-state index in [-0.39, 0.29) is 17.2 Å². The lowest BCUT2D eigenvalue weighted by atomic mass is 10.2. The summed E-state index contributed by atoms with van der Waals surface area (Å²) in [4.78, 5) is 12.8. The van der Waals surface area contributed by atoms with Gasteiger partial charge in [0.05, 0.1) is 39.0 Å². The maximum absolute atomic E-state index is 13.6. The molecule has 3 aromatic rings. The van der Waals surface area contributed by atoms with Crippen molar-refractivity contribution in [3.8, 4) is 23.0 Å². The minimum Gasteiger partial charge on any atom is -0.493 e. The molecule has 0 aliphatic rings. The highest BCUT2D eigenvalue weighted by Gasteiger charge is 2.28. The highest BCUT2D eigenvalue weighted by Crippen LogP contribution is 2.31. The molecule has 0 aromatic heterocycles. The summed E-state index contributed by atoms with van der Waals surface area (Å²) >= 11 is 0. The Labute approximate surface area is 228 Å². The molecule has 0 heterocycles. The molecule has 0 saturated carbocycles. The van der Waals surface area contributed by atoms with Crippen LogP contribution in [0.15, 0.2) is 89.4 Å². The Bertz CT molecular complexity index is 1410. The third kappa shape index (κ3) is 7.82. The van der Waals surface area contributed by atoms with Crippen LogP contribution in [0.5, 0.6) is 23.0 Å². The largest absolute Gasteiger partial charge is 0.493 e. The zero-order valence-corrected chi connectivity index (χ0v) is 22.8. The first-order chi connectivity index (χ1) is 18.8. The van der Waals surface area contributed by atoms with E-state index in [9.17, 15) is 13.2 Å². The Hall–Kier alpha value is -4.35. The van der Waals surface area contributed by atoms with E-state index >= 15 is 0 Å². The molecule has 0 spiro atoms. The van der Waals surface area contributed by atoms with Gasteiger partial charge in [0, 0.05) is 12.6 Å². The average Bonchev–Trinajstić information content (AvgIpc) is 2.96. The molecule has 3 aromatic carbocycles. The molecule has 0 unspecified atom stereocenters. The SMILES string of the molecule is C=CCOc1ccc(/C=N\NC(=O)CN(Cc2ccccc2)S(=O)(=O)c2ccc(OC)c(OC)c2)cc1OC. The number of nitrogens with zero attached hydrogens (tertiary/aromatic N) is 2. The van der Waals surface area contributed by atoms with Crippen LogP contribution in [-0.4, -0.2) is 59.3 Å². The third-order valence-corrected chi connectivity index (χ3v) is 7.25. The summed E-state index contributed by atoms with van der Waals surface area (Å²) in [5.74, 6) is 1.04. The Morgan fingerprint density at radius 2 is 1.59 bits per heavy atom. The first-order valence-electron chi connectivity index (χ1n) is 11.8. The predicted octanol–water partition coefficient (Wildman–Crippen LogP) is 3.62. The van der Waals surface area contributed by atoms with Gasteiger partial charge in [-0.15, -0.1) is 0 Å². The maximum Gasteiger partial charge on any atom is 0.255 e. The molecule has 39 heavy (non-hydrogen) atoms. The summed E-state index contributed by atoms with van der Waals surface area (Å²) in [6.07, 6.45) is 3.04. The quantitative estimate of drug-likeness (QED) is 0.184. The normalized spacial score (nSPS) is 11.3. The number of rotatable bonds is 14. The van der Waals surface area contributed by atoms with E-state index in [1.165, 1.54) is 45.7 Å². The van der Waals surface area contributed by atoms with Crippen LogP contribution in [0.25, 0.3) is 0 Å². The van der Waals surface area contributed by atoms with Gasteiger partial charge in [0.2, 0.25) is 10.0 Å². The molecule has 0 atom stereocenters. The van der Waals surface area contributed by atoms with E-state index in [4.69, 9.17) is 18.9 Å². The van der Waals surface area contributed by atoms with E-state index in [2.05, 4.69) is 17.1 Å². The fourth-order valence-corrected chi connectivity index (χ4v) is 4.95. The minimum absolute atomic E-state index is 0.0297. The van der Waals surface area contributed by atoms with Gasteiger partial charge in [-0.1, -0.05) is 43.0 Å². The smallest absolute Gasteiger partial charge is 0.255 e. The van der Waals surface area contributed by atoms with E-state index in [1.54, 1.807) is 48.5 Å². The first-order valence-corrected chi connectivity index (χ1v) is 13.3. The van der Waals surface area contributed by atoms with Gasteiger partial charge in [-0.25, -0.2) is 13.8 Å². The van der Waals surface area contributed by atoms with Crippen LogP contribution in [0.3, 0.4) is 0 Å². The number of benzene rings is 3. The Morgan fingerprint density at radius 1 is 0.923 bits per heavy atom. The molecule has 0 saturated heterocycles. The second-order valence-electron chi connectivity index (χ2n) is 8.08. The zero-order chi connectivity index (χ0) is 28.3. The summed E-state index contributed by atoms with van der Waals surface area (Å²) in [6.45, 7) is 3.44. The molecule has 0 fully saturated rings. The van der Waals surface area contributed by atoms with Crippen molar-refractivity contribution in [2.75, 3.05) is 34.5 Å². The molecule has 206 valence electrons. The van der Waals surface area contributed by atoms with Crippen molar-refractivity contribution in [3.63, 3.8) is 0 Å². The van der Waals surface area contributed by atoms with Crippen LogP contribution in [0.4, 0.5) is 0 Å². The number of carbonyl (C=O) groups excluding carboxylic acids is 1. The second-order valence-corrected chi connectivity index (χ2v) is 10.0. The minimum atomic E-state index is -4.10. The number of hydrazone groups is 1. The van der Waals surface area contributed by atoms with E-state index in [0.717, 1.165) is 4.31 Å². The lowest BCUT2D eigenvalue weighted by molar-refractivity contribution is -0.121. The van der Waals surface area contributed by atoms with Crippen LogP contribution in [-0.2, 0) is 21.4 Å². The van der Waals surface area contributed by atoms with Crippen LogP contribution in [0.2, 0.25) is 0 Å². The van der Waals surface area contributed by atoms with Crippen LogP contribution >= 0.6 is 0 Å². The summed E-state index contributed by atoms with van der Waals surface area (Å²) in [5.41, 5.74) is 3.74. The lowest BCUT2D eigenvalue weighted by Crippen LogP contribution is -2.39. The van der Waals surface area contributed by atoms with Gasteiger partial charge in [0.15, 0.2) is 23.0 Å². The number of sulfonamides is 1.